The van der Waals surface area contributed by atoms with Crippen molar-refractivity contribution in [2.45, 2.75) is 6.92 Å². The van der Waals surface area contributed by atoms with E-state index in [1.807, 2.05) is 49.4 Å². The Bertz CT molecular complexity index is 868. The van der Waals surface area contributed by atoms with E-state index in [-0.39, 0.29) is 5.56 Å². The highest BCUT2D eigenvalue weighted by molar-refractivity contribution is 6.03. The van der Waals surface area contributed by atoms with Crippen LogP contribution >= 0.6 is 0 Å². The van der Waals surface area contributed by atoms with Gasteiger partial charge in [0.2, 0.25) is 0 Å². The fourth-order valence-corrected chi connectivity index (χ4v) is 2.22. The summed E-state index contributed by atoms with van der Waals surface area (Å²) in [6.45, 7) is 1.94. The van der Waals surface area contributed by atoms with E-state index in [4.69, 9.17) is 0 Å². The maximum Gasteiger partial charge on any atom is 0.336 e. The van der Waals surface area contributed by atoms with Gasteiger partial charge < -0.3 is 5.11 Å². The van der Waals surface area contributed by atoms with Crippen LogP contribution in [0.1, 0.15) is 27.2 Å². The molecule has 0 radical (unpaired) electrons. The normalized spacial score (nSPS) is 11.1. The van der Waals surface area contributed by atoms with Gasteiger partial charge in [-0.3, -0.25) is 9.97 Å². The van der Waals surface area contributed by atoms with Gasteiger partial charge in [0.05, 0.1) is 11.1 Å². The molecule has 2 aromatic heterocycles. The first-order valence-corrected chi connectivity index (χ1v) is 6.86. The number of aromatic carboxylic acids is 1. The van der Waals surface area contributed by atoms with Crippen LogP contribution in [0.4, 0.5) is 0 Å². The molecule has 2 heterocycles. The smallest absolute Gasteiger partial charge is 0.336 e. The largest absolute Gasteiger partial charge is 0.478 e. The van der Waals surface area contributed by atoms with Gasteiger partial charge in [-0.15, -0.1) is 0 Å². The molecule has 3 aromatic rings. The molecule has 0 aliphatic rings. The number of hydrogen-bond donors (Lipinski definition) is 1. The van der Waals surface area contributed by atoms with Crippen molar-refractivity contribution in [2.24, 2.45) is 0 Å². The maximum absolute atomic E-state index is 11.3. The Hall–Kier alpha value is -3.01. The van der Waals surface area contributed by atoms with E-state index in [9.17, 15) is 9.90 Å². The van der Waals surface area contributed by atoms with Crippen molar-refractivity contribution in [3.8, 4) is 0 Å². The Morgan fingerprint density at radius 1 is 1.05 bits per heavy atom. The van der Waals surface area contributed by atoms with E-state index in [0.29, 0.717) is 10.9 Å². The van der Waals surface area contributed by atoms with Gasteiger partial charge >= 0.3 is 5.97 Å². The molecule has 1 N–H and O–H groups in total. The highest BCUT2D eigenvalue weighted by Gasteiger charge is 2.08. The number of aromatic nitrogens is 2. The number of rotatable bonds is 3. The third-order valence-corrected chi connectivity index (χ3v) is 3.40. The minimum Gasteiger partial charge on any atom is -0.478 e. The Morgan fingerprint density at radius 3 is 2.55 bits per heavy atom. The second kappa shape index (κ2) is 5.77. The molecule has 22 heavy (non-hydrogen) atoms. The van der Waals surface area contributed by atoms with Gasteiger partial charge in [-0.2, -0.15) is 0 Å². The van der Waals surface area contributed by atoms with Crippen molar-refractivity contribution in [1.82, 2.24) is 9.97 Å². The fraction of sp³-hybridized carbons (Fsp3) is 0.0556. The Labute approximate surface area is 127 Å². The van der Waals surface area contributed by atoms with Crippen molar-refractivity contribution >= 4 is 29.0 Å². The number of hydrogen-bond acceptors (Lipinski definition) is 3. The predicted molar refractivity (Wildman–Crippen MR) is 86.6 cm³/mol. The summed E-state index contributed by atoms with van der Waals surface area (Å²) in [5, 5.41) is 9.89. The van der Waals surface area contributed by atoms with Gasteiger partial charge in [0, 0.05) is 23.5 Å². The summed E-state index contributed by atoms with van der Waals surface area (Å²) in [5.41, 5.74) is 3.82. The van der Waals surface area contributed by atoms with Gasteiger partial charge in [-0.1, -0.05) is 24.3 Å². The molecule has 108 valence electrons. The zero-order valence-corrected chi connectivity index (χ0v) is 12.0. The predicted octanol–water partition coefficient (Wildman–Crippen LogP) is 3.81. The van der Waals surface area contributed by atoms with Crippen LogP contribution in [0.3, 0.4) is 0 Å². The number of carbonyl (C=O) groups is 1. The summed E-state index contributed by atoms with van der Waals surface area (Å²) >= 11 is 0. The van der Waals surface area contributed by atoms with E-state index >= 15 is 0 Å². The molecule has 0 aliphatic carbocycles. The molecule has 0 atom stereocenters. The molecule has 0 saturated heterocycles. The highest BCUT2D eigenvalue weighted by atomic mass is 16.4. The van der Waals surface area contributed by atoms with Crippen molar-refractivity contribution < 1.29 is 9.90 Å². The van der Waals surface area contributed by atoms with Crippen LogP contribution in [0.2, 0.25) is 0 Å². The van der Waals surface area contributed by atoms with Crippen molar-refractivity contribution in [1.29, 1.82) is 0 Å². The van der Waals surface area contributed by atoms with Crippen LogP contribution in [0.25, 0.3) is 23.1 Å². The summed E-state index contributed by atoms with van der Waals surface area (Å²) in [7, 11) is 0. The molecular formula is C18H14N2O2. The van der Waals surface area contributed by atoms with Crippen LogP contribution in [0.15, 0.2) is 48.8 Å². The van der Waals surface area contributed by atoms with Crippen LogP contribution in [0.5, 0.6) is 0 Å². The molecule has 4 heteroatoms. The molecule has 1 aromatic carbocycles. The highest BCUT2D eigenvalue weighted by Crippen LogP contribution is 2.20. The van der Waals surface area contributed by atoms with Crippen LogP contribution in [0, 0.1) is 6.92 Å². The summed E-state index contributed by atoms with van der Waals surface area (Å²) in [6, 6.07) is 11.0. The number of benzene rings is 1. The second-order valence-electron chi connectivity index (χ2n) is 5.01. The third kappa shape index (κ3) is 2.86. The molecule has 3 rings (SSSR count). The van der Waals surface area contributed by atoms with Gasteiger partial charge in [0.25, 0.3) is 0 Å². The number of carboxylic acids is 1. The zero-order valence-electron chi connectivity index (χ0n) is 12.0. The van der Waals surface area contributed by atoms with Gasteiger partial charge in [-0.05, 0) is 42.3 Å². The van der Waals surface area contributed by atoms with E-state index in [1.54, 1.807) is 6.20 Å². The molecule has 0 amide bonds. The molecule has 4 nitrogen and oxygen atoms in total. The molecular weight excluding hydrogens is 276 g/mol. The SMILES string of the molecule is Cc1ccc(/C=C/c2ccc3nccc(C(=O)O)c3c2)cn1. The standard InChI is InChI=1S/C18H14N2O2/c1-12-2-3-14(11-20-12)5-4-13-6-7-17-16(10-13)15(18(21)22)8-9-19-17/h2-11H,1H3,(H,21,22)/b5-4+. The van der Waals surface area contributed by atoms with Gasteiger partial charge in [0.1, 0.15) is 0 Å². The molecule has 0 fully saturated rings. The lowest BCUT2D eigenvalue weighted by Gasteiger charge is -2.03. The zero-order chi connectivity index (χ0) is 15.5. The minimum absolute atomic E-state index is 0.261. The number of aryl methyl sites for hydroxylation is 1. The summed E-state index contributed by atoms with van der Waals surface area (Å²) in [5.74, 6) is -0.948. The monoisotopic (exact) mass is 290 g/mol. The maximum atomic E-state index is 11.3. The first-order chi connectivity index (χ1) is 10.6. The number of pyridine rings is 2. The first-order valence-electron chi connectivity index (χ1n) is 6.86. The minimum atomic E-state index is -0.948. The van der Waals surface area contributed by atoms with Crippen LogP contribution in [-0.2, 0) is 0 Å². The molecule has 0 unspecified atom stereocenters. The lowest BCUT2D eigenvalue weighted by Crippen LogP contribution is -1.98. The first kappa shape index (κ1) is 13.9. The summed E-state index contributed by atoms with van der Waals surface area (Å²) < 4.78 is 0. The Kier molecular flexibility index (Phi) is 3.66. The summed E-state index contributed by atoms with van der Waals surface area (Å²) in [4.78, 5) is 19.7. The molecule has 0 saturated carbocycles. The average Bonchev–Trinajstić information content (AvgIpc) is 2.53. The lowest BCUT2D eigenvalue weighted by molar-refractivity contribution is 0.0699. The van der Waals surface area contributed by atoms with Gasteiger partial charge in [-0.25, -0.2) is 4.79 Å². The Morgan fingerprint density at radius 2 is 1.82 bits per heavy atom. The van der Waals surface area contributed by atoms with E-state index in [2.05, 4.69) is 9.97 Å². The van der Waals surface area contributed by atoms with Crippen LogP contribution < -0.4 is 0 Å². The fourth-order valence-electron chi connectivity index (χ4n) is 2.22. The third-order valence-electron chi connectivity index (χ3n) is 3.40. The number of carboxylic acid groups (broad SMARTS) is 1. The van der Waals surface area contributed by atoms with Crippen molar-refractivity contribution in [3.63, 3.8) is 0 Å². The van der Waals surface area contributed by atoms with Crippen molar-refractivity contribution in [3.05, 3.63) is 71.2 Å². The topological polar surface area (TPSA) is 63.1 Å². The summed E-state index contributed by atoms with van der Waals surface area (Å²) in [6.07, 6.45) is 7.20. The lowest BCUT2D eigenvalue weighted by atomic mass is 10.1. The molecule has 0 spiro atoms. The van der Waals surface area contributed by atoms with Crippen LogP contribution in [-0.4, -0.2) is 21.0 Å². The van der Waals surface area contributed by atoms with E-state index in [0.717, 1.165) is 16.8 Å². The van der Waals surface area contributed by atoms with E-state index < -0.39 is 5.97 Å². The van der Waals surface area contributed by atoms with Gasteiger partial charge in [0.15, 0.2) is 0 Å². The second-order valence-corrected chi connectivity index (χ2v) is 5.01. The average molecular weight is 290 g/mol. The van der Waals surface area contributed by atoms with E-state index in [1.165, 1.54) is 12.3 Å². The Balaban J connectivity index is 1.99. The van der Waals surface area contributed by atoms with Crippen molar-refractivity contribution in [2.75, 3.05) is 0 Å². The molecule has 0 aliphatic heterocycles. The number of fused-ring (bicyclic) bond motifs is 1. The number of nitrogens with zero attached hydrogens (tertiary/aromatic N) is 2. The quantitative estimate of drug-likeness (QED) is 0.796. The molecule has 0 bridgehead atoms.